The summed E-state index contributed by atoms with van der Waals surface area (Å²) in [6.07, 6.45) is 10.6. The molecule has 2 heterocycles. The fourth-order valence-corrected chi connectivity index (χ4v) is 4.17. The van der Waals surface area contributed by atoms with Crippen molar-refractivity contribution >= 4 is 11.7 Å². The van der Waals surface area contributed by atoms with Gasteiger partial charge in [-0.3, -0.25) is 14.4 Å². The Hall–Kier alpha value is -2.17. The SMILES string of the molecule is Cn1nc(C(=O)N(c2ccccn2)C2CCCC2)c2c1CCCC2. The Morgan fingerprint density at radius 3 is 2.71 bits per heavy atom. The molecule has 0 aromatic carbocycles. The van der Waals surface area contributed by atoms with Crippen LogP contribution >= 0.6 is 0 Å². The van der Waals surface area contributed by atoms with E-state index in [-0.39, 0.29) is 11.9 Å². The first kappa shape index (κ1) is 15.4. The molecule has 0 radical (unpaired) electrons. The van der Waals surface area contributed by atoms with Gasteiger partial charge in [0.25, 0.3) is 5.91 Å². The minimum Gasteiger partial charge on any atom is -0.288 e. The number of hydrogen-bond acceptors (Lipinski definition) is 3. The lowest BCUT2D eigenvalue weighted by Gasteiger charge is -2.28. The fourth-order valence-electron chi connectivity index (χ4n) is 4.17. The van der Waals surface area contributed by atoms with Crippen LogP contribution in [0.25, 0.3) is 0 Å². The van der Waals surface area contributed by atoms with Crippen molar-refractivity contribution in [2.45, 2.75) is 57.4 Å². The molecule has 2 aliphatic carbocycles. The van der Waals surface area contributed by atoms with Crippen LogP contribution in [0.4, 0.5) is 5.82 Å². The largest absolute Gasteiger partial charge is 0.288 e. The highest BCUT2D eigenvalue weighted by atomic mass is 16.2. The van der Waals surface area contributed by atoms with Crippen molar-refractivity contribution in [1.29, 1.82) is 0 Å². The van der Waals surface area contributed by atoms with Gasteiger partial charge in [0.1, 0.15) is 5.82 Å². The van der Waals surface area contributed by atoms with Crippen LogP contribution in [0, 0.1) is 0 Å². The zero-order valence-electron chi connectivity index (χ0n) is 14.2. The second-order valence-corrected chi connectivity index (χ2v) is 6.91. The summed E-state index contributed by atoms with van der Waals surface area (Å²) in [6.45, 7) is 0. The average Bonchev–Trinajstić information content (AvgIpc) is 3.25. The lowest BCUT2D eigenvalue weighted by molar-refractivity contribution is 0.0969. The first-order valence-electron chi connectivity index (χ1n) is 9.05. The third kappa shape index (κ3) is 2.62. The maximum absolute atomic E-state index is 13.4. The number of amides is 1. The number of fused-ring (bicyclic) bond motifs is 1. The number of nitrogens with zero attached hydrogens (tertiary/aromatic N) is 4. The molecule has 0 spiro atoms. The Bertz CT molecular complexity index is 731. The first-order valence-corrected chi connectivity index (χ1v) is 9.05. The molecule has 2 aliphatic rings. The second-order valence-electron chi connectivity index (χ2n) is 6.91. The molecule has 1 saturated carbocycles. The Labute approximate surface area is 142 Å². The number of pyridine rings is 1. The van der Waals surface area contributed by atoms with Crippen molar-refractivity contribution in [3.63, 3.8) is 0 Å². The predicted octanol–water partition coefficient (Wildman–Crippen LogP) is 3.28. The highest BCUT2D eigenvalue weighted by Gasteiger charge is 2.33. The van der Waals surface area contributed by atoms with Gasteiger partial charge < -0.3 is 0 Å². The molecule has 1 fully saturated rings. The Morgan fingerprint density at radius 2 is 1.96 bits per heavy atom. The zero-order valence-corrected chi connectivity index (χ0v) is 14.2. The van der Waals surface area contributed by atoms with Crippen LogP contribution in [0.15, 0.2) is 24.4 Å². The molecule has 0 atom stereocenters. The molecule has 0 N–H and O–H groups in total. The van der Waals surface area contributed by atoms with E-state index >= 15 is 0 Å². The molecule has 2 aromatic heterocycles. The summed E-state index contributed by atoms with van der Waals surface area (Å²) >= 11 is 0. The fraction of sp³-hybridized carbons (Fsp3) is 0.526. The number of aryl methyl sites for hydroxylation is 1. The summed E-state index contributed by atoms with van der Waals surface area (Å²) in [4.78, 5) is 19.8. The Kier molecular flexibility index (Phi) is 4.08. The van der Waals surface area contributed by atoms with Gasteiger partial charge in [-0.2, -0.15) is 5.10 Å². The first-order chi connectivity index (χ1) is 11.8. The molecule has 24 heavy (non-hydrogen) atoms. The maximum Gasteiger partial charge on any atom is 0.280 e. The average molecular weight is 324 g/mol. The summed E-state index contributed by atoms with van der Waals surface area (Å²) in [7, 11) is 1.96. The number of rotatable bonds is 3. The monoisotopic (exact) mass is 324 g/mol. The third-order valence-electron chi connectivity index (χ3n) is 5.37. The van der Waals surface area contributed by atoms with Gasteiger partial charge in [0.15, 0.2) is 5.69 Å². The Balaban J connectivity index is 1.74. The van der Waals surface area contributed by atoms with E-state index in [1.54, 1.807) is 6.20 Å². The van der Waals surface area contributed by atoms with Crippen LogP contribution < -0.4 is 4.90 Å². The standard InChI is InChI=1S/C19H24N4O/c1-22-16-11-5-4-10-15(16)18(21-22)19(24)23(14-8-2-3-9-14)17-12-6-7-13-20-17/h6-7,12-14H,2-5,8-11H2,1H3. The molecular weight excluding hydrogens is 300 g/mol. The van der Waals surface area contributed by atoms with Crippen LogP contribution in [0.5, 0.6) is 0 Å². The van der Waals surface area contributed by atoms with Gasteiger partial charge in [0, 0.05) is 30.5 Å². The molecular formula is C19H24N4O. The van der Waals surface area contributed by atoms with Crippen molar-refractivity contribution in [2.75, 3.05) is 4.90 Å². The molecule has 5 heteroatoms. The van der Waals surface area contributed by atoms with E-state index in [0.717, 1.165) is 43.5 Å². The number of aromatic nitrogens is 3. The molecule has 4 rings (SSSR count). The molecule has 2 aromatic rings. The normalized spacial score (nSPS) is 17.7. The number of carbonyl (C=O) groups excluding carboxylic acids is 1. The van der Waals surface area contributed by atoms with Crippen LogP contribution in [-0.2, 0) is 19.9 Å². The minimum atomic E-state index is 0.0272. The number of anilines is 1. The van der Waals surface area contributed by atoms with Gasteiger partial charge >= 0.3 is 0 Å². The minimum absolute atomic E-state index is 0.0272. The van der Waals surface area contributed by atoms with E-state index in [1.165, 1.54) is 25.0 Å². The summed E-state index contributed by atoms with van der Waals surface area (Å²) < 4.78 is 1.91. The molecule has 0 saturated heterocycles. The Morgan fingerprint density at radius 1 is 1.17 bits per heavy atom. The lowest BCUT2D eigenvalue weighted by Crippen LogP contribution is -2.40. The molecule has 0 aliphatic heterocycles. The summed E-state index contributed by atoms with van der Waals surface area (Å²) in [5, 5.41) is 4.61. The van der Waals surface area contributed by atoms with Gasteiger partial charge in [-0.25, -0.2) is 4.98 Å². The predicted molar refractivity (Wildman–Crippen MR) is 93.2 cm³/mol. The van der Waals surface area contributed by atoms with E-state index in [0.29, 0.717) is 5.69 Å². The third-order valence-corrected chi connectivity index (χ3v) is 5.37. The smallest absolute Gasteiger partial charge is 0.280 e. The van der Waals surface area contributed by atoms with Crippen LogP contribution in [-0.4, -0.2) is 26.7 Å². The van der Waals surface area contributed by atoms with E-state index < -0.39 is 0 Å². The van der Waals surface area contributed by atoms with Gasteiger partial charge in [-0.1, -0.05) is 18.9 Å². The van der Waals surface area contributed by atoms with Crippen LogP contribution in [0.1, 0.15) is 60.3 Å². The molecule has 5 nitrogen and oxygen atoms in total. The van der Waals surface area contributed by atoms with Crippen molar-refractivity contribution in [1.82, 2.24) is 14.8 Å². The van der Waals surface area contributed by atoms with Crippen LogP contribution in [0.2, 0.25) is 0 Å². The maximum atomic E-state index is 13.4. The quantitative estimate of drug-likeness (QED) is 0.870. The number of hydrogen-bond donors (Lipinski definition) is 0. The van der Waals surface area contributed by atoms with Crippen molar-refractivity contribution in [3.05, 3.63) is 41.3 Å². The van der Waals surface area contributed by atoms with Gasteiger partial charge in [-0.15, -0.1) is 0 Å². The van der Waals surface area contributed by atoms with Gasteiger partial charge in [0.05, 0.1) is 0 Å². The van der Waals surface area contributed by atoms with Crippen molar-refractivity contribution in [2.24, 2.45) is 7.05 Å². The van der Waals surface area contributed by atoms with Crippen LogP contribution in [0.3, 0.4) is 0 Å². The van der Waals surface area contributed by atoms with E-state index in [1.807, 2.05) is 34.8 Å². The summed E-state index contributed by atoms with van der Waals surface area (Å²) in [5.41, 5.74) is 3.04. The summed E-state index contributed by atoms with van der Waals surface area (Å²) in [6, 6.07) is 6.02. The van der Waals surface area contributed by atoms with E-state index in [4.69, 9.17) is 0 Å². The lowest BCUT2D eigenvalue weighted by atomic mass is 9.95. The van der Waals surface area contributed by atoms with E-state index in [2.05, 4.69) is 10.1 Å². The zero-order chi connectivity index (χ0) is 16.5. The molecule has 0 bridgehead atoms. The molecule has 126 valence electrons. The van der Waals surface area contributed by atoms with Crippen molar-refractivity contribution < 1.29 is 4.79 Å². The molecule has 1 amide bonds. The highest BCUT2D eigenvalue weighted by Crippen LogP contribution is 2.31. The highest BCUT2D eigenvalue weighted by molar-refractivity contribution is 6.05. The molecule has 0 unspecified atom stereocenters. The van der Waals surface area contributed by atoms with Gasteiger partial charge in [0.2, 0.25) is 0 Å². The van der Waals surface area contributed by atoms with E-state index in [9.17, 15) is 4.79 Å². The number of carbonyl (C=O) groups is 1. The summed E-state index contributed by atoms with van der Waals surface area (Å²) in [5.74, 6) is 0.781. The second kappa shape index (κ2) is 6.38. The van der Waals surface area contributed by atoms with Gasteiger partial charge in [-0.05, 0) is 50.7 Å². The van der Waals surface area contributed by atoms with Crippen molar-refractivity contribution in [3.8, 4) is 0 Å². The topological polar surface area (TPSA) is 51.0 Å².